The van der Waals surface area contributed by atoms with Crippen LogP contribution < -0.4 is 5.73 Å². The number of carbonyl (C=O) groups is 1. The minimum Gasteiger partial charge on any atom is -0.369 e. The van der Waals surface area contributed by atoms with Gasteiger partial charge in [-0.3, -0.25) is 9.79 Å². The number of nitrogens with zero attached hydrogens (tertiary/aromatic N) is 2. The van der Waals surface area contributed by atoms with Crippen molar-refractivity contribution >= 4 is 11.7 Å². The first-order valence-corrected chi connectivity index (χ1v) is 9.82. The van der Waals surface area contributed by atoms with Crippen LogP contribution in [0.1, 0.15) is 37.3 Å². The Bertz CT molecular complexity index is 792. The standard InChI is InChI=1S/C23H27N3O/c1-17-25-14-15-26(17)21-13-12-20(16-21)23(22(24)27,18-8-4-2-5-9-18)19-10-6-3-7-11-19/h2-11,20-21H,12-16H2,1H3,(H2,24,27)/t20-,21+/m0/s1. The van der Waals surface area contributed by atoms with Crippen LogP contribution in [0.4, 0.5) is 0 Å². The molecule has 1 heterocycles. The van der Waals surface area contributed by atoms with Gasteiger partial charge in [-0.05, 0) is 43.2 Å². The van der Waals surface area contributed by atoms with Crippen molar-refractivity contribution in [1.29, 1.82) is 0 Å². The SMILES string of the molecule is CC1=NCCN1[C@@H]1CC[C@H](C(C(N)=O)(c2ccccc2)c2ccccc2)C1. The van der Waals surface area contributed by atoms with Crippen LogP contribution in [0, 0.1) is 5.92 Å². The number of hydrogen-bond acceptors (Lipinski definition) is 3. The van der Waals surface area contributed by atoms with Gasteiger partial charge >= 0.3 is 0 Å². The molecule has 140 valence electrons. The molecule has 2 aromatic rings. The van der Waals surface area contributed by atoms with Gasteiger partial charge in [0.1, 0.15) is 5.41 Å². The molecule has 4 nitrogen and oxygen atoms in total. The topological polar surface area (TPSA) is 58.7 Å². The predicted octanol–water partition coefficient (Wildman–Crippen LogP) is 3.36. The number of nitrogens with two attached hydrogens (primary N) is 1. The second-order valence-corrected chi connectivity index (χ2v) is 7.69. The fraction of sp³-hybridized carbons (Fsp3) is 0.391. The molecule has 27 heavy (non-hydrogen) atoms. The van der Waals surface area contributed by atoms with Crippen molar-refractivity contribution in [2.75, 3.05) is 13.1 Å². The Kier molecular flexibility index (Phi) is 4.73. The van der Waals surface area contributed by atoms with Crippen LogP contribution in [0.25, 0.3) is 0 Å². The van der Waals surface area contributed by atoms with E-state index in [0.717, 1.165) is 49.3 Å². The molecule has 0 bridgehead atoms. The molecule has 0 aromatic heterocycles. The van der Waals surface area contributed by atoms with Gasteiger partial charge in [0.2, 0.25) is 5.91 Å². The summed E-state index contributed by atoms with van der Waals surface area (Å²) in [6.07, 6.45) is 3.02. The Balaban J connectivity index is 1.77. The van der Waals surface area contributed by atoms with Crippen LogP contribution in [0.15, 0.2) is 65.7 Å². The number of aliphatic imine (C=N–C) groups is 1. The van der Waals surface area contributed by atoms with E-state index in [0.29, 0.717) is 6.04 Å². The lowest BCUT2D eigenvalue weighted by Gasteiger charge is -2.38. The van der Waals surface area contributed by atoms with Gasteiger partial charge in [-0.25, -0.2) is 0 Å². The molecule has 0 saturated heterocycles. The summed E-state index contributed by atoms with van der Waals surface area (Å²) in [4.78, 5) is 20.1. The lowest BCUT2D eigenvalue weighted by Crippen LogP contribution is -2.48. The zero-order valence-electron chi connectivity index (χ0n) is 15.8. The molecule has 1 aliphatic carbocycles. The van der Waals surface area contributed by atoms with Crippen molar-refractivity contribution in [3.8, 4) is 0 Å². The Labute approximate surface area is 161 Å². The minimum absolute atomic E-state index is 0.179. The summed E-state index contributed by atoms with van der Waals surface area (Å²) in [6, 6.07) is 20.6. The van der Waals surface area contributed by atoms with E-state index in [-0.39, 0.29) is 11.8 Å². The van der Waals surface area contributed by atoms with E-state index in [4.69, 9.17) is 5.73 Å². The summed E-state index contributed by atoms with van der Waals surface area (Å²) in [7, 11) is 0. The third kappa shape index (κ3) is 2.93. The molecule has 2 atom stereocenters. The summed E-state index contributed by atoms with van der Waals surface area (Å²) in [6.45, 7) is 3.96. The third-order valence-corrected chi connectivity index (χ3v) is 6.40. The van der Waals surface area contributed by atoms with E-state index in [9.17, 15) is 4.79 Å². The van der Waals surface area contributed by atoms with Gasteiger partial charge in [0.05, 0.1) is 12.4 Å². The quantitative estimate of drug-likeness (QED) is 0.888. The highest BCUT2D eigenvalue weighted by Crippen LogP contribution is 2.48. The summed E-state index contributed by atoms with van der Waals surface area (Å²) in [5, 5.41) is 0. The van der Waals surface area contributed by atoms with Gasteiger partial charge < -0.3 is 10.6 Å². The van der Waals surface area contributed by atoms with Gasteiger partial charge in [0.25, 0.3) is 0 Å². The number of amides is 1. The highest BCUT2D eigenvalue weighted by atomic mass is 16.1. The van der Waals surface area contributed by atoms with Crippen molar-refractivity contribution in [1.82, 2.24) is 4.90 Å². The molecule has 4 heteroatoms. The normalized spacial score (nSPS) is 22.7. The summed E-state index contributed by atoms with van der Waals surface area (Å²) >= 11 is 0. The average molecular weight is 361 g/mol. The number of rotatable bonds is 5. The zero-order chi connectivity index (χ0) is 18.9. The monoisotopic (exact) mass is 361 g/mol. The maximum Gasteiger partial charge on any atom is 0.232 e. The van der Waals surface area contributed by atoms with Crippen LogP contribution >= 0.6 is 0 Å². The van der Waals surface area contributed by atoms with Gasteiger partial charge in [0.15, 0.2) is 0 Å². The van der Waals surface area contributed by atoms with Crippen molar-refractivity contribution in [2.24, 2.45) is 16.6 Å². The second-order valence-electron chi connectivity index (χ2n) is 7.69. The summed E-state index contributed by atoms with van der Waals surface area (Å²) in [5.41, 5.74) is 7.38. The molecule has 0 unspecified atom stereocenters. The third-order valence-electron chi connectivity index (χ3n) is 6.40. The van der Waals surface area contributed by atoms with Crippen LogP contribution in [0.5, 0.6) is 0 Å². The highest BCUT2D eigenvalue weighted by Gasteiger charge is 2.50. The van der Waals surface area contributed by atoms with Crippen molar-refractivity contribution in [3.05, 3.63) is 71.8 Å². The van der Waals surface area contributed by atoms with E-state index >= 15 is 0 Å². The van der Waals surface area contributed by atoms with E-state index in [1.54, 1.807) is 0 Å². The molecule has 1 aliphatic heterocycles. The average Bonchev–Trinajstić information content (AvgIpc) is 3.33. The molecule has 1 fully saturated rings. The Morgan fingerprint density at radius 1 is 1.04 bits per heavy atom. The lowest BCUT2D eigenvalue weighted by atomic mass is 9.64. The second kappa shape index (κ2) is 7.18. The van der Waals surface area contributed by atoms with E-state index in [1.165, 1.54) is 0 Å². The largest absolute Gasteiger partial charge is 0.369 e. The first-order valence-electron chi connectivity index (χ1n) is 9.82. The Morgan fingerprint density at radius 3 is 2.11 bits per heavy atom. The van der Waals surface area contributed by atoms with Crippen LogP contribution in [0.3, 0.4) is 0 Å². The van der Waals surface area contributed by atoms with Gasteiger partial charge in [-0.15, -0.1) is 0 Å². The fourth-order valence-corrected chi connectivity index (χ4v) is 5.18. The first kappa shape index (κ1) is 17.8. The lowest BCUT2D eigenvalue weighted by molar-refractivity contribution is -0.123. The molecule has 2 aliphatic rings. The maximum atomic E-state index is 13.1. The van der Waals surface area contributed by atoms with Crippen molar-refractivity contribution < 1.29 is 4.79 Å². The smallest absolute Gasteiger partial charge is 0.232 e. The molecule has 1 saturated carbocycles. The summed E-state index contributed by atoms with van der Waals surface area (Å²) in [5.74, 6) is 1.06. The van der Waals surface area contributed by atoms with Gasteiger partial charge in [0, 0.05) is 12.6 Å². The molecular formula is C23H27N3O. The van der Waals surface area contributed by atoms with Gasteiger partial charge in [-0.2, -0.15) is 0 Å². The number of benzene rings is 2. The first-order chi connectivity index (χ1) is 13.1. The highest BCUT2D eigenvalue weighted by molar-refractivity contribution is 5.91. The minimum atomic E-state index is -0.790. The zero-order valence-corrected chi connectivity index (χ0v) is 15.8. The van der Waals surface area contributed by atoms with Crippen LogP contribution in [-0.2, 0) is 10.2 Å². The fourth-order valence-electron chi connectivity index (χ4n) is 5.18. The molecule has 4 rings (SSSR count). The van der Waals surface area contributed by atoms with Crippen molar-refractivity contribution in [2.45, 2.75) is 37.6 Å². The van der Waals surface area contributed by atoms with E-state index in [1.807, 2.05) is 60.7 Å². The molecule has 0 radical (unpaired) electrons. The summed E-state index contributed by atoms with van der Waals surface area (Å²) < 4.78 is 0. The van der Waals surface area contributed by atoms with Crippen LogP contribution in [0.2, 0.25) is 0 Å². The number of hydrogen-bond donors (Lipinski definition) is 1. The number of carbonyl (C=O) groups excluding carboxylic acids is 1. The molecule has 2 N–H and O–H groups in total. The van der Waals surface area contributed by atoms with Crippen LogP contribution in [-0.4, -0.2) is 35.8 Å². The van der Waals surface area contributed by atoms with Gasteiger partial charge in [-0.1, -0.05) is 60.7 Å². The number of primary amides is 1. The Morgan fingerprint density at radius 2 is 1.63 bits per heavy atom. The molecule has 2 aromatic carbocycles. The Hall–Kier alpha value is -2.62. The molecular weight excluding hydrogens is 334 g/mol. The van der Waals surface area contributed by atoms with Crippen molar-refractivity contribution in [3.63, 3.8) is 0 Å². The predicted molar refractivity (Wildman–Crippen MR) is 109 cm³/mol. The maximum absolute atomic E-state index is 13.1. The number of amidine groups is 1. The molecule has 0 spiro atoms. The molecule has 1 amide bonds. The van der Waals surface area contributed by atoms with E-state index < -0.39 is 5.41 Å². The van der Waals surface area contributed by atoms with E-state index in [2.05, 4.69) is 16.8 Å².